The van der Waals surface area contributed by atoms with Crippen molar-refractivity contribution in [1.82, 2.24) is 14.9 Å². The second-order valence-electron chi connectivity index (χ2n) is 5.98. The van der Waals surface area contributed by atoms with Crippen LogP contribution in [0.15, 0.2) is 24.3 Å². The van der Waals surface area contributed by atoms with Crippen molar-refractivity contribution in [2.24, 2.45) is 11.7 Å². The van der Waals surface area contributed by atoms with E-state index >= 15 is 0 Å². The number of para-hydroxylation sites is 1. The van der Waals surface area contributed by atoms with Crippen molar-refractivity contribution >= 4 is 16.7 Å². The summed E-state index contributed by atoms with van der Waals surface area (Å²) in [4.78, 5) is 11.2. The highest BCUT2D eigenvalue weighted by Crippen LogP contribution is 2.17. The third kappa shape index (κ3) is 4.12. The Balaban J connectivity index is 2.02. The fourth-order valence-electron chi connectivity index (χ4n) is 2.25. The van der Waals surface area contributed by atoms with Gasteiger partial charge in [-0.1, -0.05) is 26.0 Å². The zero-order valence-corrected chi connectivity index (χ0v) is 13.1. The molecule has 0 amide bonds. The summed E-state index contributed by atoms with van der Waals surface area (Å²) in [5.74, 6) is 1.81. The van der Waals surface area contributed by atoms with Gasteiger partial charge in [0.05, 0.1) is 12.1 Å². The van der Waals surface area contributed by atoms with Crippen LogP contribution in [0.25, 0.3) is 10.9 Å². The van der Waals surface area contributed by atoms with E-state index in [4.69, 9.17) is 11.5 Å². The van der Waals surface area contributed by atoms with Gasteiger partial charge in [0, 0.05) is 11.4 Å². The summed E-state index contributed by atoms with van der Waals surface area (Å²) in [6, 6.07) is 8.05. The molecule has 0 saturated carbocycles. The van der Waals surface area contributed by atoms with Gasteiger partial charge in [0.15, 0.2) is 0 Å². The lowest BCUT2D eigenvalue weighted by atomic mass is 10.0. The summed E-state index contributed by atoms with van der Waals surface area (Å²) < 4.78 is 0. The Bertz CT molecular complexity index is 596. The molecule has 2 aromatic rings. The van der Waals surface area contributed by atoms with Crippen LogP contribution in [0, 0.1) is 5.92 Å². The van der Waals surface area contributed by atoms with Gasteiger partial charge in [-0.25, -0.2) is 9.97 Å². The van der Waals surface area contributed by atoms with Gasteiger partial charge in [0.1, 0.15) is 11.6 Å². The number of nitrogens with two attached hydrogens (primary N) is 2. The summed E-state index contributed by atoms with van der Waals surface area (Å²) in [6.45, 7) is 5.91. The molecule has 1 aromatic carbocycles. The highest BCUT2D eigenvalue weighted by Gasteiger charge is 2.11. The zero-order chi connectivity index (χ0) is 15.4. The van der Waals surface area contributed by atoms with Crippen LogP contribution in [0.3, 0.4) is 0 Å². The number of benzene rings is 1. The van der Waals surface area contributed by atoms with E-state index in [0.29, 0.717) is 18.3 Å². The number of anilines is 1. The SMILES string of the molecule is CC(C)C(N)CCN(C)Cc1nc(N)c2ccccc2n1. The van der Waals surface area contributed by atoms with Crippen molar-refractivity contribution in [2.75, 3.05) is 19.3 Å². The summed E-state index contributed by atoms with van der Waals surface area (Å²) in [5.41, 5.74) is 13.0. The van der Waals surface area contributed by atoms with Gasteiger partial charge < -0.3 is 11.5 Å². The number of nitrogens with zero attached hydrogens (tertiary/aromatic N) is 3. The highest BCUT2D eigenvalue weighted by atomic mass is 15.1. The molecule has 1 heterocycles. The Hall–Kier alpha value is -1.72. The van der Waals surface area contributed by atoms with Gasteiger partial charge in [-0.15, -0.1) is 0 Å². The molecular weight excluding hydrogens is 262 g/mol. The van der Waals surface area contributed by atoms with Crippen molar-refractivity contribution in [3.05, 3.63) is 30.1 Å². The molecule has 5 nitrogen and oxygen atoms in total. The molecule has 2 rings (SSSR count). The largest absolute Gasteiger partial charge is 0.383 e. The third-order valence-corrected chi connectivity index (χ3v) is 3.79. The molecule has 0 aliphatic rings. The number of aromatic nitrogens is 2. The van der Waals surface area contributed by atoms with Crippen molar-refractivity contribution in [1.29, 1.82) is 0 Å². The average molecular weight is 287 g/mol. The molecule has 1 unspecified atom stereocenters. The molecule has 0 saturated heterocycles. The average Bonchev–Trinajstić information content (AvgIpc) is 2.44. The lowest BCUT2D eigenvalue weighted by Gasteiger charge is -2.20. The number of rotatable bonds is 6. The number of hydrogen-bond acceptors (Lipinski definition) is 5. The first-order chi connectivity index (χ1) is 9.97. The maximum Gasteiger partial charge on any atom is 0.145 e. The predicted molar refractivity (Wildman–Crippen MR) is 87.7 cm³/mol. The zero-order valence-electron chi connectivity index (χ0n) is 13.1. The molecule has 0 fully saturated rings. The summed E-state index contributed by atoms with van der Waals surface area (Å²) in [6.07, 6.45) is 0.969. The number of nitrogen functional groups attached to an aromatic ring is 1. The Morgan fingerprint density at radius 1 is 1.19 bits per heavy atom. The molecule has 1 aromatic heterocycles. The first-order valence-electron chi connectivity index (χ1n) is 7.42. The van der Waals surface area contributed by atoms with E-state index in [1.165, 1.54) is 0 Å². The van der Waals surface area contributed by atoms with Crippen molar-refractivity contribution in [3.8, 4) is 0 Å². The van der Waals surface area contributed by atoms with Crippen molar-refractivity contribution in [3.63, 3.8) is 0 Å². The van der Waals surface area contributed by atoms with Gasteiger partial charge in [0.25, 0.3) is 0 Å². The minimum absolute atomic E-state index is 0.232. The van der Waals surface area contributed by atoms with Crippen LogP contribution in [0.4, 0.5) is 5.82 Å². The van der Waals surface area contributed by atoms with Crippen LogP contribution in [0.2, 0.25) is 0 Å². The summed E-state index contributed by atoms with van der Waals surface area (Å²) in [7, 11) is 2.06. The van der Waals surface area contributed by atoms with E-state index in [1.54, 1.807) is 0 Å². The van der Waals surface area contributed by atoms with Crippen LogP contribution < -0.4 is 11.5 Å². The minimum Gasteiger partial charge on any atom is -0.383 e. The molecule has 0 radical (unpaired) electrons. The predicted octanol–water partition coefficient (Wildman–Crippen LogP) is 2.02. The highest BCUT2D eigenvalue weighted by molar-refractivity contribution is 5.87. The van der Waals surface area contributed by atoms with Crippen molar-refractivity contribution in [2.45, 2.75) is 32.9 Å². The van der Waals surface area contributed by atoms with E-state index in [1.807, 2.05) is 24.3 Å². The van der Waals surface area contributed by atoms with Crippen molar-refractivity contribution < 1.29 is 0 Å². The molecule has 0 bridgehead atoms. The van der Waals surface area contributed by atoms with Crippen LogP contribution in [-0.2, 0) is 6.54 Å². The number of hydrogen-bond donors (Lipinski definition) is 2. The third-order valence-electron chi connectivity index (χ3n) is 3.79. The Labute approximate surface area is 126 Å². The first-order valence-corrected chi connectivity index (χ1v) is 7.42. The van der Waals surface area contributed by atoms with E-state index in [0.717, 1.165) is 29.7 Å². The van der Waals surface area contributed by atoms with Crippen LogP contribution >= 0.6 is 0 Å². The summed E-state index contributed by atoms with van der Waals surface area (Å²) >= 11 is 0. The fraction of sp³-hybridized carbons (Fsp3) is 0.500. The lowest BCUT2D eigenvalue weighted by molar-refractivity contribution is 0.290. The number of fused-ring (bicyclic) bond motifs is 1. The van der Waals surface area contributed by atoms with E-state index in [2.05, 4.69) is 35.8 Å². The lowest BCUT2D eigenvalue weighted by Crippen LogP contribution is -2.32. The van der Waals surface area contributed by atoms with Crippen LogP contribution in [0.5, 0.6) is 0 Å². The molecular formula is C16H25N5. The normalized spacial score (nSPS) is 13.2. The smallest absolute Gasteiger partial charge is 0.145 e. The molecule has 5 heteroatoms. The first kappa shape index (κ1) is 15.7. The second-order valence-corrected chi connectivity index (χ2v) is 5.98. The minimum atomic E-state index is 0.232. The van der Waals surface area contributed by atoms with Gasteiger partial charge in [-0.05, 0) is 38.1 Å². The van der Waals surface area contributed by atoms with Gasteiger partial charge >= 0.3 is 0 Å². The standard InChI is InChI=1S/C16H25N5/c1-11(2)13(17)8-9-21(3)10-15-19-14-7-5-4-6-12(14)16(18)20-15/h4-7,11,13H,8-10,17H2,1-3H3,(H2,18,19,20). The van der Waals surface area contributed by atoms with E-state index in [-0.39, 0.29) is 6.04 Å². The molecule has 1 atom stereocenters. The van der Waals surface area contributed by atoms with Crippen LogP contribution in [0.1, 0.15) is 26.1 Å². The Morgan fingerprint density at radius 2 is 1.90 bits per heavy atom. The van der Waals surface area contributed by atoms with E-state index in [9.17, 15) is 0 Å². The second kappa shape index (κ2) is 6.83. The monoisotopic (exact) mass is 287 g/mol. The topological polar surface area (TPSA) is 81.1 Å². The fourth-order valence-corrected chi connectivity index (χ4v) is 2.25. The Kier molecular flexibility index (Phi) is 5.09. The molecule has 4 N–H and O–H groups in total. The molecule has 21 heavy (non-hydrogen) atoms. The molecule has 0 aliphatic heterocycles. The Morgan fingerprint density at radius 3 is 2.62 bits per heavy atom. The molecule has 0 aliphatic carbocycles. The van der Waals surface area contributed by atoms with Gasteiger partial charge in [-0.2, -0.15) is 0 Å². The molecule has 0 spiro atoms. The molecule has 114 valence electrons. The quantitative estimate of drug-likeness (QED) is 0.849. The summed E-state index contributed by atoms with van der Waals surface area (Å²) in [5, 5.41) is 0.908. The van der Waals surface area contributed by atoms with Crippen LogP contribution in [-0.4, -0.2) is 34.5 Å². The van der Waals surface area contributed by atoms with Gasteiger partial charge in [0.2, 0.25) is 0 Å². The van der Waals surface area contributed by atoms with Gasteiger partial charge in [-0.3, -0.25) is 4.90 Å². The van der Waals surface area contributed by atoms with E-state index < -0.39 is 0 Å². The maximum atomic E-state index is 6.08. The maximum absolute atomic E-state index is 6.08.